The van der Waals surface area contributed by atoms with Gasteiger partial charge in [-0.1, -0.05) is 138 Å². The molecule has 1 fully saturated rings. The van der Waals surface area contributed by atoms with Gasteiger partial charge in [0, 0.05) is 52.0 Å². The standard InChI is InChI=1S/C36H54N2O2.C12H10O2.Cr/c1-33(2,3)25-17-23(31(39)27(19-25)35(7,8)9)21-37-29-15-13-14-16-30(29)38-22-24-18-26(34(4,5)6)20-28(32(24)40)36(10,11)12;13-10-6-8-12(9-7-10)14-11-4-2-1-3-5-11;/h17-22,29-30,39-40H,13-16H2,1-12H3;1-9,13H;/p-1/t29-,30-;;/m1../s1. The van der Waals surface area contributed by atoms with Crippen molar-refractivity contribution in [1.29, 1.82) is 0 Å². The summed E-state index contributed by atoms with van der Waals surface area (Å²) >= 11 is 0. The fourth-order valence-corrected chi connectivity index (χ4v) is 6.44. The minimum absolute atomic E-state index is 0. The molecular weight excluding hydrogens is 721 g/mol. The Morgan fingerprint density at radius 3 is 1.31 bits per heavy atom. The molecule has 0 unspecified atom stereocenters. The molecule has 1 aliphatic rings. The maximum Gasteiger partial charge on any atom is 0.128 e. The maximum atomic E-state index is 11.2. The predicted octanol–water partition coefficient (Wildman–Crippen LogP) is 11.7. The summed E-state index contributed by atoms with van der Waals surface area (Å²) < 4.78 is 5.49. The summed E-state index contributed by atoms with van der Waals surface area (Å²) in [6.45, 7) is 26.0. The minimum Gasteiger partial charge on any atom is -0.872 e. The van der Waals surface area contributed by atoms with Gasteiger partial charge in [-0.2, -0.15) is 0 Å². The van der Waals surface area contributed by atoms with Gasteiger partial charge >= 0.3 is 0 Å². The molecule has 1 saturated carbocycles. The third-order valence-electron chi connectivity index (χ3n) is 9.93. The second-order valence-corrected chi connectivity index (χ2v) is 18.8. The number of nitrogens with zero attached hydrogens (tertiary/aromatic N) is 2. The fraction of sp³-hybridized carbons (Fsp3) is 0.458. The zero-order chi connectivity index (χ0) is 40.1. The number of para-hydroxylation sites is 1. The summed E-state index contributed by atoms with van der Waals surface area (Å²) in [4.78, 5) is 10.1. The van der Waals surface area contributed by atoms with Crippen LogP contribution in [-0.2, 0) is 39.0 Å². The molecule has 4 aromatic carbocycles. The molecule has 0 aromatic heterocycles. The zero-order valence-corrected chi connectivity index (χ0v) is 36.4. The molecule has 0 bridgehead atoms. The van der Waals surface area contributed by atoms with Crippen LogP contribution in [0.1, 0.15) is 142 Å². The largest absolute Gasteiger partial charge is 0.872 e. The van der Waals surface area contributed by atoms with Crippen LogP contribution in [0.25, 0.3) is 0 Å². The van der Waals surface area contributed by atoms with Crippen molar-refractivity contribution < 1.29 is 37.4 Å². The van der Waals surface area contributed by atoms with E-state index in [4.69, 9.17) is 14.7 Å². The van der Waals surface area contributed by atoms with Gasteiger partial charge in [-0.3, -0.25) is 9.98 Å². The first-order chi connectivity index (χ1) is 25.0. The summed E-state index contributed by atoms with van der Waals surface area (Å²) in [5.41, 5.74) is 5.39. The second kappa shape index (κ2) is 18.3. The number of hydrogen-bond acceptors (Lipinski definition) is 6. The molecule has 7 heteroatoms. The number of aliphatic imine (C=N–C) groups is 2. The number of phenols is 2. The molecule has 2 atom stereocenters. The van der Waals surface area contributed by atoms with Crippen LogP contribution in [0.4, 0.5) is 0 Å². The van der Waals surface area contributed by atoms with Crippen molar-refractivity contribution in [2.75, 3.05) is 0 Å². The predicted molar refractivity (Wildman–Crippen MR) is 225 cm³/mol. The Morgan fingerprint density at radius 1 is 0.564 bits per heavy atom. The molecule has 0 saturated heterocycles. The Balaban J connectivity index is 0.000000451. The molecular formula is C48H63CrN2O4-. The van der Waals surface area contributed by atoms with Crippen LogP contribution in [-0.4, -0.2) is 34.7 Å². The van der Waals surface area contributed by atoms with E-state index in [1.165, 1.54) is 23.3 Å². The van der Waals surface area contributed by atoms with E-state index in [1.807, 2.05) is 42.8 Å². The maximum absolute atomic E-state index is 11.2. The smallest absolute Gasteiger partial charge is 0.128 e. The van der Waals surface area contributed by atoms with Crippen LogP contribution in [0.5, 0.6) is 28.7 Å². The third kappa shape index (κ3) is 12.7. The minimum atomic E-state index is -0.179. The van der Waals surface area contributed by atoms with E-state index in [0.717, 1.165) is 53.7 Å². The van der Waals surface area contributed by atoms with Crippen molar-refractivity contribution in [3.63, 3.8) is 0 Å². The van der Waals surface area contributed by atoms with Crippen molar-refractivity contribution in [1.82, 2.24) is 0 Å². The number of benzene rings is 4. The van der Waals surface area contributed by atoms with Gasteiger partial charge in [0.2, 0.25) is 0 Å². The Labute approximate surface area is 342 Å². The zero-order valence-electron chi connectivity index (χ0n) is 35.2. The van der Waals surface area contributed by atoms with Crippen LogP contribution >= 0.6 is 0 Å². The van der Waals surface area contributed by atoms with E-state index in [0.29, 0.717) is 17.2 Å². The average molecular weight is 784 g/mol. The van der Waals surface area contributed by atoms with Crippen LogP contribution in [0.2, 0.25) is 0 Å². The summed E-state index contributed by atoms with van der Waals surface area (Å²) in [6, 6.07) is 24.3. The molecule has 6 nitrogen and oxygen atoms in total. The molecule has 0 aliphatic heterocycles. The van der Waals surface area contributed by atoms with Gasteiger partial charge in [-0.25, -0.2) is 0 Å². The van der Waals surface area contributed by atoms with Crippen molar-refractivity contribution in [3.05, 3.63) is 112 Å². The van der Waals surface area contributed by atoms with Gasteiger partial charge in [0.25, 0.3) is 0 Å². The summed E-state index contributed by atoms with van der Waals surface area (Å²) in [6.07, 6.45) is 7.90. The van der Waals surface area contributed by atoms with Gasteiger partial charge < -0.3 is 20.1 Å². The van der Waals surface area contributed by atoms with E-state index >= 15 is 0 Å². The van der Waals surface area contributed by atoms with Gasteiger partial charge in [0.1, 0.15) is 23.0 Å². The molecule has 2 N–H and O–H groups in total. The number of phenolic OH excluding ortho intramolecular Hbond substituents is 2. The van der Waals surface area contributed by atoms with E-state index in [9.17, 15) is 15.3 Å². The van der Waals surface area contributed by atoms with E-state index < -0.39 is 0 Å². The Hall–Kier alpha value is -4.05. The van der Waals surface area contributed by atoms with Gasteiger partial charge in [-0.15, -0.1) is 5.75 Å². The summed E-state index contributed by atoms with van der Waals surface area (Å²) in [7, 11) is 0. The van der Waals surface area contributed by atoms with Crippen molar-refractivity contribution in [2.45, 2.75) is 143 Å². The molecule has 5 rings (SSSR count). The summed E-state index contributed by atoms with van der Waals surface area (Å²) in [5, 5.41) is 33.3. The SMILES string of the molecule is CC(C)(C)c1cc(C=N[C@@H]2CCCC[C@H]2N=Cc2cc(C(C)(C)C)cc(C(C)(C)C)c2O)c(O)c(C(C)(C)C)c1.[Cr].[O-]c1ccc(Oc2ccccc2)cc1. The first-order valence-corrected chi connectivity index (χ1v) is 19.4. The molecule has 0 radical (unpaired) electrons. The fourth-order valence-electron chi connectivity index (χ4n) is 6.44. The normalized spacial score (nSPS) is 16.7. The molecule has 1 aliphatic carbocycles. The van der Waals surface area contributed by atoms with E-state index in [2.05, 4.69) is 107 Å². The van der Waals surface area contributed by atoms with Gasteiger partial charge in [0.15, 0.2) is 0 Å². The van der Waals surface area contributed by atoms with E-state index in [1.54, 1.807) is 12.1 Å². The number of ether oxygens (including phenoxy) is 1. The topological polar surface area (TPSA) is 97.5 Å². The first kappa shape index (κ1) is 45.3. The van der Waals surface area contributed by atoms with Crippen LogP contribution in [0, 0.1) is 0 Å². The average Bonchev–Trinajstić information content (AvgIpc) is 3.07. The number of aromatic hydroxyl groups is 2. The Kier molecular flexibility index (Phi) is 15.1. The van der Waals surface area contributed by atoms with Crippen molar-refractivity contribution in [2.24, 2.45) is 9.98 Å². The van der Waals surface area contributed by atoms with Crippen molar-refractivity contribution in [3.8, 4) is 28.7 Å². The number of hydrogen-bond donors (Lipinski definition) is 2. The third-order valence-corrected chi connectivity index (χ3v) is 9.93. The van der Waals surface area contributed by atoms with Crippen molar-refractivity contribution >= 4 is 12.4 Å². The van der Waals surface area contributed by atoms with Crippen LogP contribution in [0.3, 0.4) is 0 Å². The molecule has 4 aromatic rings. The molecule has 0 amide bonds. The van der Waals surface area contributed by atoms with Gasteiger partial charge in [0.05, 0.1) is 12.1 Å². The van der Waals surface area contributed by atoms with Gasteiger partial charge in [-0.05, 0) is 82.0 Å². The first-order valence-electron chi connectivity index (χ1n) is 19.4. The Bertz CT molecular complexity index is 1810. The quantitative estimate of drug-likeness (QED) is 0.190. The molecule has 0 heterocycles. The summed E-state index contributed by atoms with van der Waals surface area (Å²) in [5.74, 6) is 2.07. The molecule has 55 heavy (non-hydrogen) atoms. The molecule has 0 spiro atoms. The number of rotatable bonds is 6. The van der Waals surface area contributed by atoms with Crippen LogP contribution < -0.4 is 9.84 Å². The Morgan fingerprint density at radius 2 is 0.945 bits per heavy atom. The van der Waals surface area contributed by atoms with E-state index in [-0.39, 0.29) is 56.9 Å². The monoisotopic (exact) mass is 783 g/mol. The second-order valence-electron chi connectivity index (χ2n) is 18.8. The molecule has 296 valence electrons. The van der Waals surface area contributed by atoms with Crippen LogP contribution in [0.15, 0.2) is 88.8 Å².